The molecular weight excluding hydrogens is 302 g/mol. The Morgan fingerprint density at radius 3 is 2.62 bits per heavy atom. The van der Waals surface area contributed by atoms with Crippen LogP contribution in [-0.4, -0.2) is 36.6 Å². The van der Waals surface area contributed by atoms with Crippen LogP contribution in [0.3, 0.4) is 0 Å². The van der Waals surface area contributed by atoms with Crippen LogP contribution in [0.1, 0.15) is 5.69 Å². The van der Waals surface area contributed by atoms with Gasteiger partial charge in [-0.1, -0.05) is 0 Å². The van der Waals surface area contributed by atoms with Crippen molar-refractivity contribution in [2.45, 2.75) is 6.54 Å². The van der Waals surface area contributed by atoms with Crippen molar-refractivity contribution in [3.05, 3.63) is 67.1 Å². The maximum absolute atomic E-state index is 4.68. The number of rotatable bonds is 4. The Kier molecular flexibility index (Phi) is 3.59. The molecule has 0 aliphatic heterocycles. The highest BCUT2D eigenvalue weighted by Gasteiger charge is 2.12. The molecule has 0 radical (unpaired) electrons. The molecule has 24 heavy (non-hydrogen) atoms. The van der Waals surface area contributed by atoms with Crippen molar-refractivity contribution >= 4 is 11.5 Å². The predicted octanol–water partition coefficient (Wildman–Crippen LogP) is 2.22. The standard InChI is InChI=1S/C17H15N7/c1-23(11-14-4-8-19-12-20-14)17-10-15(13-2-6-18-7-3-13)22-16-5-9-21-24(16)17/h2-10,12H,11H2,1H3. The van der Waals surface area contributed by atoms with Gasteiger partial charge in [-0.25, -0.2) is 15.0 Å². The number of anilines is 1. The lowest BCUT2D eigenvalue weighted by Gasteiger charge is -2.20. The van der Waals surface area contributed by atoms with E-state index in [-0.39, 0.29) is 0 Å². The van der Waals surface area contributed by atoms with Gasteiger partial charge >= 0.3 is 0 Å². The van der Waals surface area contributed by atoms with Crippen LogP contribution in [0.4, 0.5) is 5.82 Å². The Hall–Kier alpha value is -3.35. The van der Waals surface area contributed by atoms with Crippen molar-refractivity contribution in [1.82, 2.24) is 29.5 Å². The molecule has 4 rings (SSSR count). The molecule has 0 aliphatic rings. The number of pyridine rings is 1. The second kappa shape index (κ2) is 6.04. The smallest absolute Gasteiger partial charge is 0.157 e. The van der Waals surface area contributed by atoms with Crippen molar-refractivity contribution in [3.63, 3.8) is 0 Å². The van der Waals surface area contributed by atoms with Gasteiger partial charge in [0.15, 0.2) is 5.65 Å². The van der Waals surface area contributed by atoms with E-state index in [1.165, 1.54) is 0 Å². The van der Waals surface area contributed by atoms with Crippen LogP contribution in [0, 0.1) is 0 Å². The van der Waals surface area contributed by atoms with Gasteiger partial charge in [-0.05, 0) is 18.2 Å². The minimum absolute atomic E-state index is 0.650. The first-order chi connectivity index (χ1) is 11.8. The number of fused-ring (bicyclic) bond motifs is 1. The maximum Gasteiger partial charge on any atom is 0.157 e. The first kappa shape index (κ1) is 14.3. The topological polar surface area (TPSA) is 72.1 Å². The minimum atomic E-state index is 0.650. The number of hydrogen-bond donors (Lipinski definition) is 0. The SMILES string of the molecule is CN(Cc1ccncn1)c1cc(-c2ccncc2)nc2ccnn12. The van der Waals surface area contributed by atoms with Crippen LogP contribution in [-0.2, 0) is 6.54 Å². The highest BCUT2D eigenvalue weighted by Crippen LogP contribution is 2.24. The largest absolute Gasteiger partial charge is 0.354 e. The van der Waals surface area contributed by atoms with E-state index in [2.05, 4.69) is 29.9 Å². The summed E-state index contributed by atoms with van der Waals surface area (Å²) in [6.45, 7) is 0.650. The van der Waals surface area contributed by atoms with Crippen molar-refractivity contribution in [2.75, 3.05) is 11.9 Å². The van der Waals surface area contributed by atoms with E-state index in [4.69, 9.17) is 0 Å². The lowest BCUT2D eigenvalue weighted by molar-refractivity contribution is 0.813. The van der Waals surface area contributed by atoms with Gasteiger partial charge in [0.05, 0.1) is 24.1 Å². The van der Waals surface area contributed by atoms with Gasteiger partial charge in [-0.15, -0.1) is 0 Å². The Labute approximate surface area is 138 Å². The molecule has 7 nitrogen and oxygen atoms in total. The van der Waals surface area contributed by atoms with Crippen molar-refractivity contribution in [3.8, 4) is 11.3 Å². The zero-order valence-electron chi connectivity index (χ0n) is 13.1. The average Bonchev–Trinajstić information content (AvgIpc) is 3.11. The third-order valence-electron chi connectivity index (χ3n) is 3.75. The molecule has 0 aliphatic carbocycles. The molecule has 0 aromatic carbocycles. The van der Waals surface area contributed by atoms with Crippen molar-refractivity contribution in [1.29, 1.82) is 0 Å². The summed E-state index contributed by atoms with van der Waals surface area (Å²) in [7, 11) is 2.01. The summed E-state index contributed by atoms with van der Waals surface area (Å²) in [4.78, 5) is 19.1. The highest BCUT2D eigenvalue weighted by molar-refractivity contribution is 5.66. The van der Waals surface area contributed by atoms with Gasteiger partial charge in [0.2, 0.25) is 0 Å². The Balaban J connectivity index is 1.77. The van der Waals surface area contributed by atoms with Gasteiger partial charge in [-0.3, -0.25) is 4.98 Å². The van der Waals surface area contributed by atoms with E-state index in [0.717, 1.165) is 28.4 Å². The third kappa shape index (κ3) is 2.67. The maximum atomic E-state index is 4.68. The summed E-state index contributed by atoms with van der Waals surface area (Å²) in [5.41, 5.74) is 3.64. The van der Waals surface area contributed by atoms with Crippen molar-refractivity contribution in [2.24, 2.45) is 0 Å². The summed E-state index contributed by atoms with van der Waals surface area (Å²) in [6, 6.07) is 9.72. The van der Waals surface area contributed by atoms with E-state index in [9.17, 15) is 0 Å². The molecule has 118 valence electrons. The lowest BCUT2D eigenvalue weighted by Crippen LogP contribution is -2.20. The van der Waals surface area contributed by atoms with E-state index in [0.29, 0.717) is 6.54 Å². The molecule has 0 amide bonds. The van der Waals surface area contributed by atoms with Crippen LogP contribution in [0.5, 0.6) is 0 Å². The van der Waals surface area contributed by atoms with Gasteiger partial charge in [0.25, 0.3) is 0 Å². The molecule has 0 N–H and O–H groups in total. The fourth-order valence-corrected chi connectivity index (χ4v) is 2.57. The van der Waals surface area contributed by atoms with E-state index < -0.39 is 0 Å². The second-order valence-corrected chi connectivity index (χ2v) is 5.39. The van der Waals surface area contributed by atoms with Gasteiger partial charge in [-0.2, -0.15) is 9.61 Å². The fourth-order valence-electron chi connectivity index (χ4n) is 2.57. The van der Waals surface area contributed by atoms with Gasteiger partial charge in [0, 0.05) is 43.3 Å². The first-order valence-corrected chi connectivity index (χ1v) is 7.52. The molecule has 0 saturated heterocycles. The number of nitrogens with zero attached hydrogens (tertiary/aromatic N) is 7. The molecule has 4 aromatic rings. The first-order valence-electron chi connectivity index (χ1n) is 7.52. The van der Waals surface area contributed by atoms with E-state index in [1.807, 2.05) is 41.9 Å². The molecule has 4 heterocycles. The summed E-state index contributed by atoms with van der Waals surface area (Å²) < 4.78 is 1.83. The van der Waals surface area contributed by atoms with E-state index >= 15 is 0 Å². The number of aromatic nitrogens is 6. The monoisotopic (exact) mass is 317 g/mol. The molecule has 0 fully saturated rings. The molecule has 0 spiro atoms. The molecule has 0 saturated carbocycles. The summed E-state index contributed by atoms with van der Waals surface area (Å²) in [5.74, 6) is 0.940. The molecule has 0 atom stereocenters. The lowest BCUT2D eigenvalue weighted by atomic mass is 10.2. The Morgan fingerprint density at radius 2 is 1.83 bits per heavy atom. The zero-order chi connectivity index (χ0) is 16.4. The second-order valence-electron chi connectivity index (χ2n) is 5.39. The van der Waals surface area contributed by atoms with Crippen molar-refractivity contribution < 1.29 is 0 Å². The van der Waals surface area contributed by atoms with Crippen LogP contribution in [0.2, 0.25) is 0 Å². The van der Waals surface area contributed by atoms with Crippen LogP contribution < -0.4 is 4.90 Å². The quantitative estimate of drug-likeness (QED) is 0.575. The fraction of sp³-hybridized carbons (Fsp3) is 0.118. The van der Waals surface area contributed by atoms with Crippen LogP contribution >= 0.6 is 0 Å². The highest BCUT2D eigenvalue weighted by atomic mass is 15.3. The molecule has 0 unspecified atom stereocenters. The van der Waals surface area contributed by atoms with Crippen LogP contribution in [0.25, 0.3) is 16.9 Å². The number of hydrogen-bond acceptors (Lipinski definition) is 6. The van der Waals surface area contributed by atoms with E-state index in [1.54, 1.807) is 31.1 Å². The molecular formula is C17H15N7. The molecule has 4 aromatic heterocycles. The van der Waals surface area contributed by atoms with Crippen LogP contribution in [0.15, 0.2) is 61.4 Å². The summed E-state index contributed by atoms with van der Waals surface area (Å²) in [6.07, 6.45) is 8.58. The zero-order valence-corrected chi connectivity index (χ0v) is 13.1. The Morgan fingerprint density at radius 1 is 1.00 bits per heavy atom. The Bertz CT molecular complexity index is 951. The summed E-state index contributed by atoms with van der Waals surface area (Å²) in [5, 5.41) is 4.38. The average molecular weight is 317 g/mol. The predicted molar refractivity (Wildman–Crippen MR) is 90.4 cm³/mol. The van der Waals surface area contributed by atoms with Gasteiger partial charge in [0.1, 0.15) is 12.1 Å². The molecule has 7 heteroatoms. The van der Waals surface area contributed by atoms with Gasteiger partial charge < -0.3 is 4.90 Å². The normalized spacial score (nSPS) is 10.9. The molecule has 0 bridgehead atoms. The third-order valence-corrected chi connectivity index (χ3v) is 3.75. The minimum Gasteiger partial charge on any atom is -0.354 e. The summed E-state index contributed by atoms with van der Waals surface area (Å²) >= 11 is 0.